The van der Waals surface area contributed by atoms with Gasteiger partial charge in [0.05, 0.1) is 31.1 Å². The fourth-order valence-corrected chi connectivity index (χ4v) is 2.60. The van der Waals surface area contributed by atoms with Crippen LogP contribution in [0, 0.1) is 10.1 Å². The number of hydrogen-bond donors (Lipinski definition) is 2. The van der Waals surface area contributed by atoms with Crippen LogP contribution in [0.25, 0.3) is 0 Å². The van der Waals surface area contributed by atoms with Crippen molar-refractivity contribution in [2.75, 3.05) is 13.7 Å². The summed E-state index contributed by atoms with van der Waals surface area (Å²) in [5, 5.41) is 22.7. The van der Waals surface area contributed by atoms with Crippen molar-refractivity contribution in [3.63, 3.8) is 0 Å². The molecule has 1 atom stereocenters. The molecule has 1 amide bonds. The predicted octanol–water partition coefficient (Wildman–Crippen LogP) is 2.95. The van der Waals surface area contributed by atoms with Gasteiger partial charge in [0.2, 0.25) is 0 Å². The van der Waals surface area contributed by atoms with Gasteiger partial charge in [-0.25, -0.2) is 0 Å². The highest BCUT2D eigenvalue weighted by Gasteiger charge is 2.21. The third kappa shape index (κ3) is 5.19. The number of non-ortho nitro benzene ring substituents is 1. The third-order valence-electron chi connectivity index (χ3n) is 3.89. The summed E-state index contributed by atoms with van der Waals surface area (Å²) < 4.78 is 10.7. The lowest BCUT2D eigenvalue weighted by atomic mass is 10.0. The summed E-state index contributed by atoms with van der Waals surface area (Å²) in [6, 6.07) is 9.19. The summed E-state index contributed by atoms with van der Waals surface area (Å²) in [5.41, 5.74) is 0.328. The van der Waals surface area contributed by atoms with Crippen molar-refractivity contribution in [2.45, 2.75) is 19.4 Å². The van der Waals surface area contributed by atoms with E-state index in [-0.39, 0.29) is 17.7 Å². The van der Waals surface area contributed by atoms with E-state index in [9.17, 15) is 24.8 Å². The average Bonchev–Trinajstić information content (AvgIpc) is 2.67. The highest BCUT2D eigenvalue weighted by Crippen LogP contribution is 2.31. The van der Waals surface area contributed by atoms with Crippen LogP contribution in [0.1, 0.15) is 35.3 Å². The van der Waals surface area contributed by atoms with Gasteiger partial charge in [0.1, 0.15) is 0 Å². The van der Waals surface area contributed by atoms with Gasteiger partial charge in [0.25, 0.3) is 11.6 Å². The Kier molecular flexibility index (Phi) is 6.91. The molecule has 9 nitrogen and oxygen atoms in total. The minimum absolute atomic E-state index is 0.0579. The number of nitro groups is 1. The number of ether oxygens (including phenoxy) is 2. The highest BCUT2D eigenvalue weighted by atomic mass is 16.6. The van der Waals surface area contributed by atoms with E-state index in [0.717, 1.165) is 6.07 Å². The highest BCUT2D eigenvalue weighted by molar-refractivity contribution is 5.95. The molecule has 0 aliphatic carbocycles. The van der Waals surface area contributed by atoms with E-state index in [1.165, 1.54) is 25.3 Å². The van der Waals surface area contributed by atoms with Crippen LogP contribution in [0.5, 0.6) is 11.5 Å². The number of nitro benzene ring substituents is 1. The Morgan fingerprint density at radius 2 is 1.96 bits per heavy atom. The molecule has 0 bridgehead atoms. The van der Waals surface area contributed by atoms with Crippen LogP contribution in [0.4, 0.5) is 5.69 Å². The normalized spacial score (nSPS) is 11.4. The Balaban J connectivity index is 2.31. The Labute approximate surface area is 161 Å². The van der Waals surface area contributed by atoms with Crippen LogP contribution in [0.2, 0.25) is 0 Å². The number of carbonyl (C=O) groups is 2. The second-order valence-corrected chi connectivity index (χ2v) is 5.77. The van der Waals surface area contributed by atoms with Crippen LogP contribution < -0.4 is 14.8 Å². The lowest BCUT2D eigenvalue weighted by Gasteiger charge is -2.19. The molecule has 148 valence electrons. The molecule has 28 heavy (non-hydrogen) atoms. The van der Waals surface area contributed by atoms with Crippen molar-refractivity contribution in [3.05, 3.63) is 63.7 Å². The Morgan fingerprint density at radius 3 is 2.57 bits per heavy atom. The van der Waals surface area contributed by atoms with Gasteiger partial charge in [-0.15, -0.1) is 0 Å². The molecule has 0 aromatic heterocycles. The van der Waals surface area contributed by atoms with Crippen molar-refractivity contribution in [1.82, 2.24) is 5.32 Å². The fourth-order valence-electron chi connectivity index (χ4n) is 2.60. The molecule has 0 aliphatic rings. The number of carboxylic acids is 1. The lowest BCUT2D eigenvalue weighted by molar-refractivity contribution is -0.384. The second-order valence-electron chi connectivity index (χ2n) is 5.77. The first-order valence-electron chi connectivity index (χ1n) is 8.43. The monoisotopic (exact) mass is 388 g/mol. The molecule has 0 fully saturated rings. The van der Waals surface area contributed by atoms with Crippen molar-refractivity contribution < 1.29 is 29.1 Å². The maximum Gasteiger partial charge on any atom is 0.305 e. The number of nitrogens with one attached hydrogen (secondary N) is 1. The first-order valence-corrected chi connectivity index (χ1v) is 8.43. The summed E-state index contributed by atoms with van der Waals surface area (Å²) in [4.78, 5) is 34.1. The Hall–Kier alpha value is -3.62. The summed E-state index contributed by atoms with van der Waals surface area (Å²) >= 11 is 0. The molecule has 0 unspecified atom stereocenters. The van der Waals surface area contributed by atoms with Crippen LogP contribution in [0.3, 0.4) is 0 Å². The molecule has 0 spiro atoms. The average molecular weight is 388 g/mol. The number of rotatable bonds is 9. The molecule has 0 radical (unpaired) electrons. The van der Waals surface area contributed by atoms with Crippen molar-refractivity contribution in [2.24, 2.45) is 0 Å². The lowest BCUT2D eigenvalue weighted by Crippen LogP contribution is -2.30. The van der Waals surface area contributed by atoms with Gasteiger partial charge in [-0.05, 0) is 30.7 Å². The summed E-state index contributed by atoms with van der Waals surface area (Å²) in [6.45, 7) is 2.25. The number of nitrogens with zero attached hydrogens (tertiary/aromatic N) is 1. The van der Waals surface area contributed by atoms with Crippen molar-refractivity contribution in [3.8, 4) is 11.5 Å². The van der Waals surface area contributed by atoms with E-state index < -0.39 is 22.8 Å². The van der Waals surface area contributed by atoms with Crippen LogP contribution in [0.15, 0.2) is 42.5 Å². The zero-order chi connectivity index (χ0) is 20.7. The standard InChI is InChI=1S/C19H20N2O7/c1-3-28-16-8-7-12(10-17(16)27-2)15(11-18(22)23)20-19(24)13-5-4-6-14(9-13)21(25)26/h4-10,15H,3,11H2,1-2H3,(H,20,24)(H,22,23)/t15-/m0/s1. The minimum atomic E-state index is -1.11. The molecule has 0 saturated heterocycles. The predicted molar refractivity (Wildman–Crippen MR) is 99.7 cm³/mol. The number of amides is 1. The molecule has 2 aromatic rings. The molecule has 2 aromatic carbocycles. The Morgan fingerprint density at radius 1 is 1.21 bits per heavy atom. The van der Waals surface area contributed by atoms with Gasteiger partial charge >= 0.3 is 5.97 Å². The number of methoxy groups -OCH3 is 1. The van der Waals surface area contributed by atoms with E-state index >= 15 is 0 Å². The molecule has 2 rings (SSSR count). The second kappa shape index (κ2) is 9.36. The first kappa shape index (κ1) is 20.7. The van der Waals surface area contributed by atoms with Gasteiger partial charge in [-0.3, -0.25) is 19.7 Å². The van der Waals surface area contributed by atoms with E-state index in [1.54, 1.807) is 18.2 Å². The van der Waals surface area contributed by atoms with Gasteiger partial charge in [-0.1, -0.05) is 12.1 Å². The van der Waals surface area contributed by atoms with Gasteiger partial charge in [0, 0.05) is 17.7 Å². The molecule has 9 heteroatoms. The summed E-state index contributed by atoms with van der Waals surface area (Å²) in [7, 11) is 1.45. The van der Waals surface area contributed by atoms with E-state index in [0.29, 0.717) is 23.7 Å². The first-order chi connectivity index (χ1) is 13.3. The quantitative estimate of drug-likeness (QED) is 0.499. The number of carbonyl (C=O) groups excluding carboxylic acids is 1. The molecule has 2 N–H and O–H groups in total. The minimum Gasteiger partial charge on any atom is -0.493 e. The molecule has 0 heterocycles. The number of benzene rings is 2. The molecule has 0 aliphatic heterocycles. The summed E-state index contributed by atoms with van der Waals surface area (Å²) in [6.07, 6.45) is -0.377. The number of hydrogen-bond acceptors (Lipinski definition) is 6. The fraction of sp³-hybridized carbons (Fsp3) is 0.263. The topological polar surface area (TPSA) is 128 Å². The largest absolute Gasteiger partial charge is 0.493 e. The smallest absolute Gasteiger partial charge is 0.305 e. The molecular formula is C19H20N2O7. The zero-order valence-corrected chi connectivity index (χ0v) is 15.4. The number of aliphatic carboxylic acids is 1. The molecular weight excluding hydrogens is 368 g/mol. The van der Waals surface area contributed by atoms with Crippen molar-refractivity contribution >= 4 is 17.6 Å². The zero-order valence-electron chi connectivity index (χ0n) is 15.4. The maximum atomic E-state index is 12.5. The molecule has 0 saturated carbocycles. The van der Waals surface area contributed by atoms with Crippen molar-refractivity contribution in [1.29, 1.82) is 0 Å². The van der Waals surface area contributed by atoms with Crippen LogP contribution in [-0.4, -0.2) is 35.6 Å². The third-order valence-corrected chi connectivity index (χ3v) is 3.89. The van der Waals surface area contributed by atoms with Gasteiger partial charge in [0.15, 0.2) is 11.5 Å². The SMILES string of the molecule is CCOc1ccc([C@H](CC(=O)O)NC(=O)c2cccc([N+](=O)[O-])c2)cc1OC. The Bertz CT molecular complexity index is 882. The number of carboxylic acid groups (broad SMARTS) is 1. The van der Waals surface area contributed by atoms with E-state index in [4.69, 9.17) is 9.47 Å². The maximum absolute atomic E-state index is 12.5. The van der Waals surface area contributed by atoms with E-state index in [2.05, 4.69) is 5.32 Å². The summed E-state index contributed by atoms with van der Waals surface area (Å²) in [5.74, 6) is -0.841. The van der Waals surface area contributed by atoms with Gasteiger partial charge in [-0.2, -0.15) is 0 Å². The van der Waals surface area contributed by atoms with Crippen LogP contribution in [-0.2, 0) is 4.79 Å². The van der Waals surface area contributed by atoms with Crippen LogP contribution >= 0.6 is 0 Å². The van der Waals surface area contributed by atoms with Gasteiger partial charge < -0.3 is 19.9 Å². The van der Waals surface area contributed by atoms with E-state index in [1.807, 2.05) is 6.92 Å².